The molecule has 2 atom stereocenters. The smallest absolute Gasteiger partial charge is 0.137 e. The summed E-state index contributed by atoms with van der Waals surface area (Å²) >= 11 is 5.25. The molecule has 1 nitrogen and oxygen atoms in total. The lowest BCUT2D eigenvalue weighted by Crippen LogP contribution is -2.36. The van der Waals surface area contributed by atoms with Crippen LogP contribution >= 0.6 is 27.7 Å². The SMILES string of the molecule is CCNC1CSCC1Cc1ccc(F)c(Br)c1. The van der Waals surface area contributed by atoms with Gasteiger partial charge in [0, 0.05) is 11.8 Å². The van der Waals surface area contributed by atoms with Gasteiger partial charge in [0.1, 0.15) is 5.82 Å². The van der Waals surface area contributed by atoms with Gasteiger partial charge < -0.3 is 5.32 Å². The Bertz CT molecular complexity index is 386. The van der Waals surface area contributed by atoms with Crippen molar-refractivity contribution >= 4 is 27.7 Å². The van der Waals surface area contributed by atoms with Crippen molar-refractivity contribution in [1.29, 1.82) is 0 Å². The predicted octanol–water partition coefficient (Wildman–Crippen LogP) is 3.47. The highest BCUT2D eigenvalue weighted by Gasteiger charge is 2.27. The Labute approximate surface area is 115 Å². The van der Waals surface area contributed by atoms with Crippen LogP contribution in [0.15, 0.2) is 22.7 Å². The van der Waals surface area contributed by atoms with Crippen molar-refractivity contribution in [2.24, 2.45) is 5.92 Å². The Hall–Kier alpha value is -0.0600. The molecule has 1 fully saturated rings. The normalized spacial score (nSPS) is 24.2. The summed E-state index contributed by atoms with van der Waals surface area (Å²) in [7, 11) is 0. The van der Waals surface area contributed by atoms with Crippen molar-refractivity contribution in [3.63, 3.8) is 0 Å². The molecule has 1 N–H and O–H groups in total. The molecule has 0 bridgehead atoms. The van der Waals surface area contributed by atoms with Crippen LogP contribution in [0.2, 0.25) is 0 Å². The van der Waals surface area contributed by atoms with Crippen molar-refractivity contribution in [1.82, 2.24) is 5.32 Å². The molecule has 2 unspecified atom stereocenters. The van der Waals surface area contributed by atoms with Gasteiger partial charge in [0.25, 0.3) is 0 Å². The van der Waals surface area contributed by atoms with Crippen LogP contribution in [0.5, 0.6) is 0 Å². The maximum atomic E-state index is 13.1. The summed E-state index contributed by atoms with van der Waals surface area (Å²) < 4.78 is 13.7. The van der Waals surface area contributed by atoms with Gasteiger partial charge in [0.15, 0.2) is 0 Å². The maximum absolute atomic E-state index is 13.1. The van der Waals surface area contributed by atoms with Gasteiger partial charge in [-0.05, 0) is 58.3 Å². The zero-order chi connectivity index (χ0) is 12.3. The fourth-order valence-corrected chi connectivity index (χ4v) is 4.12. The van der Waals surface area contributed by atoms with Gasteiger partial charge in [-0.3, -0.25) is 0 Å². The van der Waals surface area contributed by atoms with E-state index in [1.165, 1.54) is 17.1 Å². The summed E-state index contributed by atoms with van der Waals surface area (Å²) in [6.07, 6.45) is 1.03. The number of rotatable bonds is 4. The van der Waals surface area contributed by atoms with E-state index in [4.69, 9.17) is 0 Å². The van der Waals surface area contributed by atoms with E-state index < -0.39 is 0 Å². The highest BCUT2D eigenvalue weighted by Crippen LogP contribution is 2.28. The summed E-state index contributed by atoms with van der Waals surface area (Å²) in [6.45, 7) is 3.17. The standard InChI is InChI=1S/C13H17BrFNS/c1-2-16-13-8-17-7-10(13)5-9-3-4-12(15)11(14)6-9/h3-4,6,10,13,16H,2,5,7-8H2,1H3. The van der Waals surface area contributed by atoms with Crippen LogP contribution in [0.4, 0.5) is 4.39 Å². The van der Waals surface area contributed by atoms with Crippen LogP contribution in [0.1, 0.15) is 12.5 Å². The zero-order valence-electron chi connectivity index (χ0n) is 9.88. The highest BCUT2D eigenvalue weighted by atomic mass is 79.9. The van der Waals surface area contributed by atoms with Crippen LogP contribution < -0.4 is 5.32 Å². The average Bonchev–Trinajstić information content (AvgIpc) is 2.72. The van der Waals surface area contributed by atoms with E-state index in [0.717, 1.165) is 13.0 Å². The molecule has 94 valence electrons. The average molecular weight is 318 g/mol. The molecule has 1 saturated heterocycles. The van der Waals surface area contributed by atoms with Gasteiger partial charge in [-0.15, -0.1) is 0 Å². The van der Waals surface area contributed by atoms with Gasteiger partial charge in [0.05, 0.1) is 4.47 Å². The molecule has 0 aliphatic carbocycles. The third-order valence-electron chi connectivity index (χ3n) is 3.15. The topological polar surface area (TPSA) is 12.0 Å². The van der Waals surface area contributed by atoms with E-state index in [9.17, 15) is 4.39 Å². The monoisotopic (exact) mass is 317 g/mol. The first-order chi connectivity index (χ1) is 8.20. The minimum atomic E-state index is -0.183. The van der Waals surface area contributed by atoms with Crippen LogP contribution in [0, 0.1) is 11.7 Å². The van der Waals surface area contributed by atoms with Crippen molar-refractivity contribution < 1.29 is 4.39 Å². The lowest BCUT2D eigenvalue weighted by atomic mass is 9.95. The van der Waals surface area contributed by atoms with Gasteiger partial charge in [-0.1, -0.05) is 13.0 Å². The van der Waals surface area contributed by atoms with Gasteiger partial charge in [-0.25, -0.2) is 4.39 Å². The molecular weight excluding hydrogens is 301 g/mol. The lowest BCUT2D eigenvalue weighted by Gasteiger charge is -2.19. The van der Waals surface area contributed by atoms with E-state index in [1.807, 2.05) is 23.9 Å². The quantitative estimate of drug-likeness (QED) is 0.912. The van der Waals surface area contributed by atoms with Crippen LogP contribution in [-0.4, -0.2) is 24.1 Å². The van der Waals surface area contributed by atoms with Crippen LogP contribution in [0.25, 0.3) is 0 Å². The second-order valence-electron chi connectivity index (χ2n) is 4.41. The molecule has 2 rings (SSSR count). The molecule has 1 aliphatic heterocycles. The minimum Gasteiger partial charge on any atom is -0.313 e. The highest BCUT2D eigenvalue weighted by molar-refractivity contribution is 9.10. The molecule has 17 heavy (non-hydrogen) atoms. The Balaban J connectivity index is 2.02. The number of nitrogens with one attached hydrogen (secondary N) is 1. The second-order valence-corrected chi connectivity index (χ2v) is 6.34. The van der Waals surface area contributed by atoms with Gasteiger partial charge in [-0.2, -0.15) is 11.8 Å². The van der Waals surface area contributed by atoms with Crippen molar-refractivity contribution in [3.8, 4) is 0 Å². The molecule has 1 aromatic carbocycles. The molecule has 1 aromatic rings. The Kier molecular flexibility index (Phi) is 4.88. The molecule has 0 radical (unpaired) electrons. The molecule has 0 amide bonds. The third kappa shape index (κ3) is 3.46. The number of thioether (sulfide) groups is 1. The first-order valence-electron chi connectivity index (χ1n) is 5.95. The van der Waals surface area contributed by atoms with E-state index in [-0.39, 0.29) is 5.82 Å². The molecule has 0 aromatic heterocycles. The fourth-order valence-electron chi connectivity index (χ4n) is 2.26. The van der Waals surface area contributed by atoms with Gasteiger partial charge >= 0.3 is 0 Å². The predicted molar refractivity (Wildman–Crippen MR) is 76.1 cm³/mol. The number of benzene rings is 1. The maximum Gasteiger partial charge on any atom is 0.137 e. The summed E-state index contributed by atoms with van der Waals surface area (Å²) in [4.78, 5) is 0. The van der Waals surface area contributed by atoms with E-state index in [1.54, 1.807) is 6.07 Å². The summed E-state index contributed by atoms with van der Waals surface area (Å²) in [5.74, 6) is 2.88. The fraction of sp³-hybridized carbons (Fsp3) is 0.538. The van der Waals surface area contributed by atoms with Crippen LogP contribution in [0.3, 0.4) is 0 Å². The first-order valence-corrected chi connectivity index (χ1v) is 7.90. The Morgan fingerprint density at radius 1 is 1.47 bits per heavy atom. The molecule has 1 aliphatic rings. The van der Waals surface area contributed by atoms with Crippen LogP contribution in [-0.2, 0) is 6.42 Å². The largest absolute Gasteiger partial charge is 0.313 e. The minimum absolute atomic E-state index is 0.183. The summed E-state index contributed by atoms with van der Waals surface area (Å²) in [5, 5.41) is 3.53. The molecule has 4 heteroatoms. The zero-order valence-corrected chi connectivity index (χ0v) is 12.3. The second kappa shape index (κ2) is 6.21. The molecule has 0 spiro atoms. The summed E-state index contributed by atoms with van der Waals surface area (Å²) in [6, 6.07) is 5.95. The van der Waals surface area contributed by atoms with Crippen molar-refractivity contribution in [2.75, 3.05) is 18.1 Å². The Morgan fingerprint density at radius 2 is 2.29 bits per heavy atom. The number of halogens is 2. The van der Waals surface area contributed by atoms with E-state index in [0.29, 0.717) is 16.4 Å². The molecule has 1 heterocycles. The van der Waals surface area contributed by atoms with E-state index in [2.05, 4.69) is 28.2 Å². The third-order valence-corrected chi connectivity index (χ3v) is 5.01. The molecular formula is C13H17BrFNS. The number of hydrogen-bond acceptors (Lipinski definition) is 2. The molecule has 0 saturated carbocycles. The number of hydrogen-bond donors (Lipinski definition) is 1. The Morgan fingerprint density at radius 3 is 3.00 bits per heavy atom. The van der Waals surface area contributed by atoms with Gasteiger partial charge in [0.2, 0.25) is 0 Å². The van der Waals surface area contributed by atoms with Crippen molar-refractivity contribution in [2.45, 2.75) is 19.4 Å². The first kappa shape index (κ1) is 13.4. The summed E-state index contributed by atoms with van der Waals surface area (Å²) in [5.41, 5.74) is 1.22. The lowest BCUT2D eigenvalue weighted by molar-refractivity contribution is 0.433. The van der Waals surface area contributed by atoms with E-state index >= 15 is 0 Å². The van der Waals surface area contributed by atoms with Crippen molar-refractivity contribution in [3.05, 3.63) is 34.1 Å².